The van der Waals surface area contributed by atoms with Crippen LogP contribution < -0.4 is 5.76 Å². The molecular weight excluding hydrogens is 310 g/mol. The van der Waals surface area contributed by atoms with E-state index in [1.54, 1.807) is 15.9 Å². The van der Waals surface area contributed by atoms with Gasteiger partial charge in [-0.3, -0.25) is 14.4 Å². The van der Waals surface area contributed by atoms with Crippen molar-refractivity contribution in [2.45, 2.75) is 13.2 Å². The van der Waals surface area contributed by atoms with Crippen LogP contribution in [0, 0.1) is 0 Å². The smallest absolute Gasteiger partial charge is 0.408 e. The maximum Gasteiger partial charge on any atom is 0.421 e. The van der Waals surface area contributed by atoms with Gasteiger partial charge in [0.25, 0.3) is 0 Å². The van der Waals surface area contributed by atoms with Crippen molar-refractivity contribution < 1.29 is 4.42 Å². The second-order valence-corrected chi connectivity index (χ2v) is 6.71. The summed E-state index contributed by atoms with van der Waals surface area (Å²) in [5.74, 6) is -0.271. The summed E-state index contributed by atoms with van der Waals surface area (Å²) in [5, 5.41) is 4.34. The third kappa shape index (κ3) is 3.10. The predicted molar refractivity (Wildman–Crippen MR) is 91.6 cm³/mol. The second kappa shape index (κ2) is 6.31. The Morgan fingerprint density at radius 3 is 2.61 bits per heavy atom. The zero-order chi connectivity index (χ0) is 15.6. The molecule has 3 heterocycles. The number of nitrogens with zero attached hydrogens (tertiary/aromatic N) is 3. The molecule has 2 aromatic heterocycles. The van der Waals surface area contributed by atoms with E-state index in [9.17, 15) is 4.79 Å². The lowest BCUT2D eigenvalue weighted by Gasteiger charge is -2.34. The summed E-state index contributed by atoms with van der Waals surface area (Å²) in [6.07, 6.45) is 0. The molecule has 1 aliphatic rings. The van der Waals surface area contributed by atoms with Gasteiger partial charge in [0.15, 0.2) is 5.58 Å². The molecule has 0 atom stereocenters. The first kappa shape index (κ1) is 14.7. The van der Waals surface area contributed by atoms with Crippen LogP contribution in [-0.4, -0.2) is 40.5 Å². The normalized spacial score (nSPS) is 17.0. The van der Waals surface area contributed by atoms with Gasteiger partial charge in [-0.05, 0) is 34.5 Å². The van der Waals surface area contributed by atoms with E-state index in [2.05, 4.69) is 26.6 Å². The largest absolute Gasteiger partial charge is 0.421 e. The van der Waals surface area contributed by atoms with Crippen LogP contribution in [0.25, 0.3) is 11.1 Å². The quantitative estimate of drug-likeness (QED) is 0.737. The Morgan fingerprint density at radius 1 is 1.04 bits per heavy atom. The molecule has 1 saturated heterocycles. The summed E-state index contributed by atoms with van der Waals surface area (Å²) in [4.78, 5) is 16.8. The number of fused-ring (bicyclic) bond motifs is 1. The molecule has 0 bridgehead atoms. The maximum absolute atomic E-state index is 12.0. The monoisotopic (exact) mass is 329 g/mol. The minimum atomic E-state index is -0.271. The Hall–Kier alpha value is -1.89. The first-order chi connectivity index (χ1) is 11.3. The molecule has 6 heteroatoms. The van der Waals surface area contributed by atoms with Crippen LogP contribution >= 0.6 is 11.3 Å². The molecular formula is C17H19N3O2S. The lowest BCUT2D eigenvalue weighted by molar-refractivity contribution is 0.102. The first-order valence-corrected chi connectivity index (χ1v) is 8.78. The molecule has 0 spiro atoms. The van der Waals surface area contributed by atoms with E-state index in [-0.39, 0.29) is 5.76 Å². The second-order valence-electron chi connectivity index (χ2n) is 5.93. The van der Waals surface area contributed by atoms with Gasteiger partial charge in [0.05, 0.1) is 12.2 Å². The van der Waals surface area contributed by atoms with E-state index in [0.29, 0.717) is 12.3 Å². The molecule has 0 saturated carbocycles. The van der Waals surface area contributed by atoms with Crippen molar-refractivity contribution in [3.05, 3.63) is 57.2 Å². The van der Waals surface area contributed by atoms with Gasteiger partial charge in [-0.2, -0.15) is 11.3 Å². The number of para-hydroxylation sites is 2. The molecule has 0 unspecified atom stereocenters. The van der Waals surface area contributed by atoms with E-state index in [0.717, 1.165) is 38.2 Å². The van der Waals surface area contributed by atoms with Crippen molar-refractivity contribution >= 4 is 22.4 Å². The zero-order valence-corrected chi connectivity index (χ0v) is 13.7. The molecule has 1 aliphatic heterocycles. The van der Waals surface area contributed by atoms with Gasteiger partial charge in [0.1, 0.15) is 0 Å². The van der Waals surface area contributed by atoms with E-state index in [1.165, 1.54) is 5.56 Å². The minimum Gasteiger partial charge on any atom is -0.408 e. The number of rotatable bonds is 4. The molecule has 0 amide bonds. The molecule has 3 aromatic rings. The lowest BCUT2D eigenvalue weighted by atomic mass is 10.2. The minimum absolute atomic E-state index is 0.271. The number of aromatic nitrogens is 1. The molecule has 1 fully saturated rings. The summed E-state index contributed by atoms with van der Waals surface area (Å²) < 4.78 is 7.03. The molecule has 5 nitrogen and oxygen atoms in total. The summed E-state index contributed by atoms with van der Waals surface area (Å²) in [5.41, 5.74) is 2.92. The highest BCUT2D eigenvalue weighted by Crippen LogP contribution is 2.14. The van der Waals surface area contributed by atoms with E-state index in [1.807, 2.05) is 24.3 Å². The standard InChI is InChI=1S/C17H19N3O2S/c21-17-20(15-3-1-2-4-16(15)22-17)13-19-8-6-18(7-9-19)11-14-5-10-23-12-14/h1-5,10,12H,6-9,11,13H2. The first-order valence-electron chi connectivity index (χ1n) is 7.84. The maximum atomic E-state index is 12.0. The highest BCUT2D eigenvalue weighted by atomic mass is 32.1. The Balaban J connectivity index is 1.41. The van der Waals surface area contributed by atoms with E-state index in [4.69, 9.17) is 4.42 Å². The Bertz CT molecular complexity index is 829. The molecule has 1 aromatic carbocycles. The van der Waals surface area contributed by atoms with Gasteiger partial charge in [-0.25, -0.2) is 4.79 Å². The van der Waals surface area contributed by atoms with Crippen LogP contribution in [0.3, 0.4) is 0 Å². The molecule has 23 heavy (non-hydrogen) atoms. The fraction of sp³-hybridized carbons (Fsp3) is 0.353. The Morgan fingerprint density at radius 2 is 1.83 bits per heavy atom. The van der Waals surface area contributed by atoms with Crippen molar-refractivity contribution in [3.8, 4) is 0 Å². The van der Waals surface area contributed by atoms with Crippen LogP contribution in [-0.2, 0) is 13.2 Å². The zero-order valence-electron chi connectivity index (χ0n) is 12.9. The van der Waals surface area contributed by atoms with Gasteiger partial charge >= 0.3 is 5.76 Å². The molecule has 0 radical (unpaired) electrons. The van der Waals surface area contributed by atoms with Gasteiger partial charge in [0, 0.05) is 32.7 Å². The van der Waals surface area contributed by atoms with Gasteiger partial charge in [0.2, 0.25) is 0 Å². The fourth-order valence-electron chi connectivity index (χ4n) is 3.08. The number of piperazine rings is 1. The van der Waals surface area contributed by atoms with Crippen LogP contribution in [0.2, 0.25) is 0 Å². The van der Waals surface area contributed by atoms with Crippen molar-refractivity contribution in [3.63, 3.8) is 0 Å². The average molecular weight is 329 g/mol. The highest BCUT2D eigenvalue weighted by molar-refractivity contribution is 7.07. The predicted octanol–water partition coefficient (Wildman–Crippen LogP) is 2.43. The van der Waals surface area contributed by atoms with E-state index >= 15 is 0 Å². The lowest BCUT2D eigenvalue weighted by Crippen LogP contribution is -2.46. The number of thiophene rings is 1. The average Bonchev–Trinajstić information content (AvgIpc) is 3.18. The van der Waals surface area contributed by atoms with Gasteiger partial charge in [-0.1, -0.05) is 12.1 Å². The summed E-state index contributed by atoms with van der Waals surface area (Å²) >= 11 is 1.75. The number of benzene rings is 1. The van der Waals surface area contributed by atoms with Crippen molar-refractivity contribution in [1.82, 2.24) is 14.4 Å². The van der Waals surface area contributed by atoms with Crippen LogP contribution in [0.5, 0.6) is 0 Å². The number of hydrogen-bond acceptors (Lipinski definition) is 5. The van der Waals surface area contributed by atoms with Crippen molar-refractivity contribution in [1.29, 1.82) is 0 Å². The third-order valence-corrected chi connectivity index (χ3v) is 5.10. The fourth-order valence-corrected chi connectivity index (χ4v) is 3.74. The van der Waals surface area contributed by atoms with E-state index < -0.39 is 0 Å². The Labute approximate surface area is 138 Å². The number of oxazole rings is 1. The Kier molecular flexibility index (Phi) is 4.03. The SMILES string of the molecule is O=c1oc2ccccc2n1CN1CCN(Cc2ccsc2)CC1. The van der Waals surface area contributed by atoms with Crippen molar-refractivity contribution in [2.75, 3.05) is 26.2 Å². The molecule has 4 rings (SSSR count). The summed E-state index contributed by atoms with van der Waals surface area (Å²) in [7, 11) is 0. The van der Waals surface area contributed by atoms with Crippen LogP contribution in [0.1, 0.15) is 5.56 Å². The highest BCUT2D eigenvalue weighted by Gasteiger charge is 2.19. The molecule has 0 N–H and O–H groups in total. The van der Waals surface area contributed by atoms with Crippen LogP contribution in [0.4, 0.5) is 0 Å². The summed E-state index contributed by atoms with van der Waals surface area (Å²) in [6, 6.07) is 9.79. The number of hydrogen-bond donors (Lipinski definition) is 0. The summed E-state index contributed by atoms with van der Waals surface area (Å²) in [6.45, 7) is 5.61. The molecule has 120 valence electrons. The topological polar surface area (TPSA) is 41.6 Å². The van der Waals surface area contributed by atoms with Crippen LogP contribution in [0.15, 0.2) is 50.3 Å². The third-order valence-electron chi connectivity index (χ3n) is 4.37. The van der Waals surface area contributed by atoms with Gasteiger partial charge < -0.3 is 4.42 Å². The van der Waals surface area contributed by atoms with Crippen molar-refractivity contribution in [2.24, 2.45) is 0 Å². The molecule has 0 aliphatic carbocycles. The van der Waals surface area contributed by atoms with Gasteiger partial charge in [-0.15, -0.1) is 0 Å².